The number of rotatable bonds is 4. The number of hydrogen-bond donors (Lipinski definition) is 1. The number of nitrogens with zero attached hydrogens (tertiary/aromatic N) is 2. The van der Waals surface area contributed by atoms with Crippen LogP contribution in [0.2, 0.25) is 0 Å². The van der Waals surface area contributed by atoms with Gasteiger partial charge in [0.25, 0.3) is 0 Å². The van der Waals surface area contributed by atoms with E-state index in [-0.39, 0.29) is 0 Å². The largest absolute Gasteiger partial charge is 0.351 e. The van der Waals surface area contributed by atoms with Crippen molar-refractivity contribution < 1.29 is 9.59 Å². The summed E-state index contributed by atoms with van der Waals surface area (Å²) in [4.78, 5) is 25.7. The Kier molecular flexibility index (Phi) is 19.5. The molecule has 0 bridgehead atoms. The summed E-state index contributed by atoms with van der Waals surface area (Å²) in [7, 11) is 7.03. The third kappa shape index (κ3) is 13.0. The van der Waals surface area contributed by atoms with Crippen LogP contribution in [0.4, 0.5) is 0 Å². The highest BCUT2D eigenvalue weighted by atomic mass is 16.2. The molecule has 110 valence electrons. The first-order valence-corrected chi connectivity index (χ1v) is 6.61. The van der Waals surface area contributed by atoms with Crippen LogP contribution < -0.4 is 5.32 Å². The molecule has 0 aromatic rings. The Balaban J connectivity index is -0.000000506. The van der Waals surface area contributed by atoms with Gasteiger partial charge in [0.2, 0.25) is 0 Å². The van der Waals surface area contributed by atoms with Gasteiger partial charge in [-0.1, -0.05) is 27.7 Å². The predicted octanol–water partition coefficient (Wildman–Crippen LogP) is 1.19. The minimum absolute atomic E-state index is 0.480. The van der Waals surface area contributed by atoms with E-state index < -0.39 is 11.8 Å². The van der Waals surface area contributed by atoms with E-state index in [2.05, 4.69) is 5.32 Å². The second-order valence-corrected chi connectivity index (χ2v) is 3.46. The lowest BCUT2D eigenvalue weighted by Gasteiger charge is -2.17. The SMILES string of the molecule is CC.CC.CNC(=O)C(=O)N(C)CCCN(C)C. The second-order valence-electron chi connectivity index (χ2n) is 3.46. The van der Waals surface area contributed by atoms with Gasteiger partial charge in [-0.05, 0) is 27.1 Å². The molecule has 0 aliphatic heterocycles. The maximum Gasteiger partial charge on any atom is 0.311 e. The third-order valence-electron chi connectivity index (χ3n) is 1.87. The minimum Gasteiger partial charge on any atom is -0.351 e. The molecule has 0 aromatic heterocycles. The summed E-state index contributed by atoms with van der Waals surface area (Å²) < 4.78 is 0. The zero-order chi connectivity index (χ0) is 15.1. The fraction of sp³-hybridized carbons (Fsp3) is 0.846. The zero-order valence-electron chi connectivity index (χ0n) is 13.3. The van der Waals surface area contributed by atoms with Crippen molar-refractivity contribution in [2.24, 2.45) is 0 Å². The average Bonchev–Trinajstić information content (AvgIpc) is 2.41. The number of nitrogens with one attached hydrogen (secondary N) is 1. The first-order valence-electron chi connectivity index (χ1n) is 6.61. The topological polar surface area (TPSA) is 52.7 Å². The molecule has 0 fully saturated rings. The van der Waals surface area contributed by atoms with Gasteiger partial charge in [0.1, 0.15) is 0 Å². The fourth-order valence-electron chi connectivity index (χ4n) is 1.01. The second kappa shape index (κ2) is 15.9. The number of amides is 2. The fourth-order valence-corrected chi connectivity index (χ4v) is 1.01. The molecule has 0 atom stereocenters. The third-order valence-corrected chi connectivity index (χ3v) is 1.87. The first-order chi connectivity index (χ1) is 8.49. The van der Waals surface area contributed by atoms with Crippen LogP contribution in [0, 0.1) is 0 Å². The molecule has 0 heterocycles. The molecule has 0 spiro atoms. The van der Waals surface area contributed by atoms with E-state index >= 15 is 0 Å². The maximum absolute atomic E-state index is 11.3. The Bertz CT molecular complexity index is 206. The van der Waals surface area contributed by atoms with Gasteiger partial charge in [0.05, 0.1) is 0 Å². The lowest BCUT2D eigenvalue weighted by Crippen LogP contribution is -2.40. The van der Waals surface area contributed by atoms with Gasteiger partial charge in [-0.25, -0.2) is 0 Å². The van der Waals surface area contributed by atoms with Crippen molar-refractivity contribution in [2.75, 3.05) is 41.3 Å². The summed E-state index contributed by atoms with van der Waals surface area (Å²) in [5.41, 5.74) is 0. The summed E-state index contributed by atoms with van der Waals surface area (Å²) in [6.07, 6.45) is 0.867. The summed E-state index contributed by atoms with van der Waals surface area (Å²) in [6, 6.07) is 0. The molecule has 5 heteroatoms. The smallest absolute Gasteiger partial charge is 0.311 e. The summed E-state index contributed by atoms with van der Waals surface area (Å²) in [5.74, 6) is -1.04. The van der Waals surface area contributed by atoms with Gasteiger partial charge in [-0.15, -0.1) is 0 Å². The molecular formula is C13H31N3O2. The van der Waals surface area contributed by atoms with Crippen LogP contribution in [0.25, 0.3) is 0 Å². The summed E-state index contributed by atoms with van der Waals surface area (Å²) in [5, 5.41) is 2.30. The van der Waals surface area contributed by atoms with Gasteiger partial charge in [0, 0.05) is 20.6 Å². The van der Waals surface area contributed by atoms with Crippen molar-refractivity contribution in [1.29, 1.82) is 0 Å². The highest BCUT2D eigenvalue weighted by Crippen LogP contribution is 1.90. The lowest BCUT2D eigenvalue weighted by atomic mass is 10.3. The monoisotopic (exact) mass is 261 g/mol. The first kappa shape index (κ1) is 22.1. The molecule has 0 rings (SSSR count). The molecule has 1 N–H and O–H groups in total. The normalized spacial score (nSPS) is 8.50. The number of carbonyl (C=O) groups excluding carboxylic acids is 2. The van der Waals surface area contributed by atoms with E-state index in [0.29, 0.717) is 6.54 Å². The maximum atomic E-state index is 11.3. The molecule has 18 heavy (non-hydrogen) atoms. The van der Waals surface area contributed by atoms with E-state index in [1.807, 2.05) is 46.7 Å². The van der Waals surface area contributed by atoms with Gasteiger partial charge in [0.15, 0.2) is 0 Å². The van der Waals surface area contributed by atoms with Crippen molar-refractivity contribution in [2.45, 2.75) is 34.1 Å². The Morgan fingerprint density at radius 3 is 1.72 bits per heavy atom. The molecule has 0 radical (unpaired) electrons. The average molecular weight is 261 g/mol. The summed E-state index contributed by atoms with van der Waals surface area (Å²) in [6.45, 7) is 9.51. The van der Waals surface area contributed by atoms with Crippen molar-refractivity contribution in [3.05, 3.63) is 0 Å². The van der Waals surface area contributed by atoms with Crippen molar-refractivity contribution >= 4 is 11.8 Å². The molecule has 0 saturated carbocycles. The number of hydrogen-bond acceptors (Lipinski definition) is 3. The van der Waals surface area contributed by atoms with E-state index in [4.69, 9.17) is 0 Å². The van der Waals surface area contributed by atoms with Gasteiger partial charge in [-0.2, -0.15) is 0 Å². The van der Waals surface area contributed by atoms with Crippen LogP contribution in [-0.2, 0) is 9.59 Å². The zero-order valence-corrected chi connectivity index (χ0v) is 13.3. The van der Waals surface area contributed by atoms with E-state index in [0.717, 1.165) is 13.0 Å². The minimum atomic E-state index is -0.558. The van der Waals surface area contributed by atoms with Crippen LogP contribution in [0.1, 0.15) is 34.1 Å². The molecule has 0 aliphatic carbocycles. The van der Waals surface area contributed by atoms with Crippen LogP contribution in [0.3, 0.4) is 0 Å². The van der Waals surface area contributed by atoms with Crippen LogP contribution in [0.15, 0.2) is 0 Å². The Morgan fingerprint density at radius 2 is 1.39 bits per heavy atom. The van der Waals surface area contributed by atoms with E-state index in [1.165, 1.54) is 11.9 Å². The Labute approximate surface area is 113 Å². The molecule has 5 nitrogen and oxygen atoms in total. The standard InChI is InChI=1S/C9H19N3O2.2C2H6/c1-10-8(13)9(14)12(4)7-5-6-11(2)3;2*1-2/h5-7H2,1-4H3,(H,10,13);2*1-2H3. The Morgan fingerprint density at radius 1 is 0.944 bits per heavy atom. The van der Waals surface area contributed by atoms with Crippen LogP contribution in [0.5, 0.6) is 0 Å². The van der Waals surface area contributed by atoms with Crippen molar-refractivity contribution in [3.63, 3.8) is 0 Å². The lowest BCUT2D eigenvalue weighted by molar-refractivity contribution is -0.144. The highest BCUT2D eigenvalue weighted by Gasteiger charge is 2.15. The predicted molar refractivity (Wildman–Crippen MR) is 77.6 cm³/mol. The van der Waals surface area contributed by atoms with Crippen LogP contribution >= 0.6 is 0 Å². The van der Waals surface area contributed by atoms with Gasteiger partial charge < -0.3 is 15.1 Å². The molecule has 2 amide bonds. The van der Waals surface area contributed by atoms with Gasteiger partial charge in [-0.3, -0.25) is 9.59 Å². The molecular weight excluding hydrogens is 230 g/mol. The quantitative estimate of drug-likeness (QED) is 0.774. The molecule has 0 saturated heterocycles. The van der Waals surface area contributed by atoms with E-state index in [9.17, 15) is 9.59 Å². The van der Waals surface area contributed by atoms with Crippen molar-refractivity contribution in [1.82, 2.24) is 15.1 Å². The van der Waals surface area contributed by atoms with Crippen LogP contribution in [-0.4, -0.2) is 62.9 Å². The number of carbonyl (C=O) groups is 2. The highest BCUT2D eigenvalue weighted by molar-refractivity contribution is 6.34. The summed E-state index contributed by atoms with van der Waals surface area (Å²) >= 11 is 0. The molecule has 0 aliphatic rings. The molecule has 0 aromatic carbocycles. The van der Waals surface area contributed by atoms with Gasteiger partial charge >= 0.3 is 11.8 Å². The van der Waals surface area contributed by atoms with Crippen molar-refractivity contribution in [3.8, 4) is 0 Å². The molecule has 0 unspecified atom stereocenters. The van der Waals surface area contributed by atoms with E-state index in [1.54, 1.807) is 7.05 Å². The number of likely N-dealkylation sites (N-methyl/N-ethyl adjacent to an activating group) is 2. The Hall–Kier alpha value is -1.10.